The maximum atomic E-state index is 13.7. The fourth-order valence-electron chi connectivity index (χ4n) is 3.73. The van der Waals surface area contributed by atoms with Crippen molar-refractivity contribution < 1.29 is 19.1 Å². The van der Waals surface area contributed by atoms with E-state index in [1.807, 2.05) is 61.5 Å². The number of rotatable bonds is 9. The smallest absolute Gasteiger partial charge is 0.331 e. The number of ether oxygens (including phenoxy) is 2. The normalized spacial score (nSPS) is 12.7. The molecular formula is C28H25N3O4. The Morgan fingerprint density at radius 2 is 1.63 bits per heavy atom. The third-order valence-electron chi connectivity index (χ3n) is 5.44. The summed E-state index contributed by atoms with van der Waals surface area (Å²) in [7, 11) is 1.55. The van der Waals surface area contributed by atoms with Gasteiger partial charge >= 0.3 is 5.97 Å². The number of methoxy groups -OCH3 is 1. The van der Waals surface area contributed by atoms with E-state index in [4.69, 9.17) is 9.47 Å². The highest BCUT2D eigenvalue weighted by Crippen LogP contribution is 2.27. The molecule has 0 spiro atoms. The number of carbonyl (C=O) groups excluding carboxylic acids is 2. The Hall–Kier alpha value is -4.52. The summed E-state index contributed by atoms with van der Waals surface area (Å²) in [5, 5.41) is 8.54. The van der Waals surface area contributed by atoms with Crippen molar-refractivity contribution in [3.8, 4) is 5.75 Å². The fourth-order valence-corrected chi connectivity index (χ4v) is 3.73. The Morgan fingerprint density at radius 3 is 2.29 bits per heavy atom. The van der Waals surface area contributed by atoms with Gasteiger partial charge in [0, 0.05) is 11.6 Å². The molecule has 0 fully saturated rings. The minimum Gasteiger partial charge on any atom is -0.497 e. The number of ketones is 1. The van der Waals surface area contributed by atoms with Crippen molar-refractivity contribution in [3.63, 3.8) is 0 Å². The number of carbonyl (C=O) groups is 2. The van der Waals surface area contributed by atoms with Crippen LogP contribution in [0.15, 0.2) is 97.3 Å². The minimum atomic E-state index is -1.22. The molecule has 1 heterocycles. The third kappa shape index (κ3) is 5.89. The summed E-state index contributed by atoms with van der Waals surface area (Å²) in [5.74, 6) is -0.409. The van der Waals surface area contributed by atoms with Crippen molar-refractivity contribution in [3.05, 3.63) is 120 Å². The minimum absolute atomic E-state index is 0.375. The van der Waals surface area contributed by atoms with Crippen LogP contribution in [0, 0.1) is 6.92 Å². The second-order valence-corrected chi connectivity index (χ2v) is 7.90. The zero-order valence-corrected chi connectivity index (χ0v) is 19.4. The monoisotopic (exact) mass is 467 g/mol. The molecule has 0 aliphatic heterocycles. The van der Waals surface area contributed by atoms with Crippen LogP contribution in [0.25, 0.3) is 6.08 Å². The molecular weight excluding hydrogens is 442 g/mol. The van der Waals surface area contributed by atoms with Crippen molar-refractivity contribution in [2.24, 2.45) is 0 Å². The van der Waals surface area contributed by atoms with E-state index in [9.17, 15) is 9.59 Å². The molecule has 0 bridgehead atoms. The Bertz CT molecular complexity index is 1300. The summed E-state index contributed by atoms with van der Waals surface area (Å²) in [6.07, 6.45) is 4.79. The molecule has 7 nitrogen and oxygen atoms in total. The van der Waals surface area contributed by atoms with Gasteiger partial charge in [-0.25, -0.2) is 4.79 Å². The average Bonchev–Trinajstić information content (AvgIpc) is 3.42. The van der Waals surface area contributed by atoms with Gasteiger partial charge in [0.1, 0.15) is 11.8 Å². The largest absolute Gasteiger partial charge is 0.497 e. The highest BCUT2D eigenvalue weighted by atomic mass is 16.5. The van der Waals surface area contributed by atoms with E-state index in [0.29, 0.717) is 11.3 Å². The Morgan fingerprint density at radius 1 is 0.914 bits per heavy atom. The summed E-state index contributed by atoms with van der Waals surface area (Å²) >= 11 is 0. The van der Waals surface area contributed by atoms with Crippen molar-refractivity contribution in [1.82, 2.24) is 15.0 Å². The summed E-state index contributed by atoms with van der Waals surface area (Å²) in [6, 6.07) is 22.9. The molecule has 4 aromatic rings. The molecule has 0 radical (unpaired) electrons. The van der Waals surface area contributed by atoms with E-state index in [2.05, 4.69) is 10.2 Å². The lowest BCUT2D eigenvalue weighted by Crippen LogP contribution is -2.37. The zero-order chi connectivity index (χ0) is 24.6. The Labute approximate surface area is 203 Å². The van der Waals surface area contributed by atoms with E-state index in [0.717, 1.165) is 16.7 Å². The molecule has 2 unspecified atom stereocenters. The molecule has 4 rings (SSSR count). The summed E-state index contributed by atoms with van der Waals surface area (Å²) in [5.41, 5.74) is 2.95. The molecule has 0 amide bonds. The quantitative estimate of drug-likeness (QED) is 0.202. The predicted octanol–water partition coefficient (Wildman–Crippen LogP) is 4.69. The van der Waals surface area contributed by atoms with Crippen LogP contribution in [0.2, 0.25) is 0 Å². The van der Waals surface area contributed by atoms with E-state index in [-0.39, 0.29) is 5.78 Å². The topological polar surface area (TPSA) is 83.3 Å². The van der Waals surface area contributed by atoms with Gasteiger partial charge in [-0.2, -0.15) is 15.0 Å². The third-order valence-corrected chi connectivity index (χ3v) is 5.44. The SMILES string of the molecule is COc1ccc(C(=O)C(OC(=O)C=Cc2ccccc2)C(c2cccc(C)c2)n2nccn2)cc1. The van der Waals surface area contributed by atoms with Gasteiger partial charge in [-0.3, -0.25) is 4.79 Å². The van der Waals surface area contributed by atoms with Gasteiger partial charge < -0.3 is 9.47 Å². The number of benzene rings is 3. The molecule has 2 atom stereocenters. The van der Waals surface area contributed by atoms with Gasteiger partial charge in [-0.15, -0.1) is 0 Å². The van der Waals surface area contributed by atoms with Gasteiger partial charge in [0.25, 0.3) is 0 Å². The number of aryl methyl sites for hydroxylation is 1. The van der Waals surface area contributed by atoms with Crippen LogP contribution >= 0.6 is 0 Å². The Balaban J connectivity index is 1.73. The first-order valence-corrected chi connectivity index (χ1v) is 11.1. The van der Waals surface area contributed by atoms with Crippen LogP contribution < -0.4 is 4.74 Å². The number of aromatic nitrogens is 3. The number of Topliss-reactive ketones (excluding diaryl/α,β-unsaturated/α-hetero) is 1. The fraction of sp³-hybridized carbons (Fsp3) is 0.143. The first-order chi connectivity index (χ1) is 17.0. The van der Waals surface area contributed by atoms with Crippen molar-refractivity contribution in [2.45, 2.75) is 19.1 Å². The molecule has 35 heavy (non-hydrogen) atoms. The lowest BCUT2D eigenvalue weighted by atomic mass is 9.94. The van der Waals surface area contributed by atoms with Crippen molar-refractivity contribution in [2.75, 3.05) is 7.11 Å². The maximum Gasteiger partial charge on any atom is 0.331 e. The molecule has 0 aliphatic rings. The molecule has 0 saturated heterocycles. The number of esters is 1. The lowest BCUT2D eigenvalue weighted by molar-refractivity contribution is -0.142. The molecule has 0 aliphatic carbocycles. The maximum absolute atomic E-state index is 13.7. The van der Waals surface area contributed by atoms with E-state index in [1.165, 1.54) is 23.3 Å². The van der Waals surface area contributed by atoms with E-state index >= 15 is 0 Å². The molecule has 1 aromatic heterocycles. The number of nitrogens with zero attached hydrogens (tertiary/aromatic N) is 3. The van der Waals surface area contributed by atoms with Crippen LogP contribution in [0.1, 0.15) is 33.1 Å². The Kier molecular flexibility index (Phi) is 7.47. The number of hydrogen-bond acceptors (Lipinski definition) is 6. The van der Waals surface area contributed by atoms with Crippen molar-refractivity contribution >= 4 is 17.8 Å². The van der Waals surface area contributed by atoms with Crippen molar-refractivity contribution in [1.29, 1.82) is 0 Å². The second kappa shape index (κ2) is 11.1. The van der Waals surface area contributed by atoms with Gasteiger partial charge in [0.15, 0.2) is 6.10 Å². The van der Waals surface area contributed by atoms with Crippen LogP contribution in [0.5, 0.6) is 5.75 Å². The number of hydrogen-bond donors (Lipinski definition) is 0. The molecule has 0 N–H and O–H groups in total. The second-order valence-electron chi connectivity index (χ2n) is 7.90. The first kappa shape index (κ1) is 23.6. The van der Waals surface area contributed by atoms with Crippen LogP contribution in [0.4, 0.5) is 0 Å². The van der Waals surface area contributed by atoms with E-state index < -0.39 is 18.1 Å². The zero-order valence-electron chi connectivity index (χ0n) is 19.4. The van der Waals surface area contributed by atoms with Gasteiger partial charge in [0.05, 0.1) is 19.5 Å². The highest BCUT2D eigenvalue weighted by molar-refractivity contribution is 6.02. The molecule has 0 saturated carbocycles. The predicted molar refractivity (Wildman–Crippen MR) is 132 cm³/mol. The summed E-state index contributed by atoms with van der Waals surface area (Å²) in [6.45, 7) is 1.95. The highest BCUT2D eigenvalue weighted by Gasteiger charge is 2.36. The first-order valence-electron chi connectivity index (χ1n) is 11.1. The standard InChI is InChI=1S/C28H25N3O4/c1-20-7-6-10-23(19-20)26(31-29-17-18-30-31)28(27(33)22-12-14-24(34-2)15-13-22)35-25(32)16-11-21-8-4-3-5-9-21/h3-19,26,28H,1-2H3. The average molecular weight is 468 g/mol. The van der Waals surface area contributed by atoms with E-state index in [1.54, 1.807) is 37.5 Å². The van der Waals surface area contributed by atoms with Gasteiger partial charge in [0.2, 0.25) is 5.78 Å². The van der Waals surface area contributed by atoms with Crippen LogP contribution in [-0.4, -0.2) is 40.0 Å². The van der Waals surface area contributed by atoms with Crippen LogP contribution in [0.3, 0.4) is 0 Å². The molecule has 7 heteroatoms. The molecule has 3 aromatic carbocycles. The van der Waals surface area contributed by atoms with Gasteiger partial charge in [-0.05, 0) is 48.4 Å². The lowest BCUT2D eigenvalue weighted by Gasteiger charge is -2.26. The summed E-state index contributed by atoms with van der Waals surface area (Å²) < 4.78 is 11.0. The summed E-state index contributed by atoms with van der Waals surface area (Å²) in [4.78, 5) is 28.0. The molecule has 176 valence electrons. The van der Waals surface area contributed by atoms with Gasteiger partial charge in [-0.1, -0.05) is 60.2 Å². The van der Waals surface area contributed by atoms with Crippen LogP contribution in [-0.2, 0) is 9.53 Å².